The molecule has 0 radical (unpaired) electrons. The minimum absolute atomic E-state index is 0.222. The first kappa shape index (κ1) is 26.1. The molecule has 186 valence electrons. The third-order valence-corrected chi connectivity index (χ3v) is 6.20. The number of aliphatic carboxylic acids is 1. The average Bonchev–Trinajstić information content (AvgIpc) is 3.25. The smallest absolute Gasteiger partial charge is 0.303 e. The van der Waals surface area contributed by atoms with E-state index in [2.05, 4.69) is 43.1 Å². The standard InChI is InChI=1S/C18H21NO.C8H8O2.C3H6O2/c1-12-10-17(20-3)19-13(2)18(12)16-9-5-7-14-6-4-8-15(16)11-14;9-7-2-1-6-3-4-10-8(6)5-7;1-2-3(4)5/h5,7,9-11,14H,4,6,8H2,1-3H3;1-2,5,9H,3-4H2;2H2,1H3,(H,4,5). The number of aromatic nitrogens is 1. The Morgan fingerprint density at radius 1 is 1.23 bits per heavy atom. The average molecular weight is 478 g/mol. The van der Waals surface area contributed by atoms with E-state index in [0.29, 0.717) is 11.8 Å². The molecule has 1 atom stereocenters. The van der Waals surface area contributed by atoms with Crippen LogP contribution in [0.3, 0.4) is 0 Å². The van der Waals surface area contributed by atoms with E-state index in [9.17, 15) is 4.79 Å². The lowest BCUT2D eigenvalue weighted by Gasteiger charge is -2.21. The fourth-order valence-corrected chi connectivity index (χ4v) is 4.44. The molecule has 2 bridgehead atoms. The molecule has 0 saturated carbocycles. The summed E-state index contributed by atoms with van der Waals surface area (Å²) in [6.45, 7) is 6.56. The Bertz CT molecular complexity index is 1120. The van der Waals surface area contributed by atoms with Gasteiger partial charge in [0.15, 0.2) is 0 Å². The summed E-state index contributed by atoms with van der Waals surface area (Å²) < 4.78 is 10.5. The van der Waals surface area contributed by atoms with Gasteiger partial charge in [0.05, 0.1) is 13.7 Å². The molecule has 1 aromatic heterocycles. The summed E-state index contributed by atoms with van der Waals surface area (Å²) in [5, 5.41) is 16.7. The minimum Gasteiger partial charge on any atom is -0.508 e. The van der Waals surface area contributed by atoms with Gasteiger partial charge in [-0.2, -0.15) is 0 Å². The molecule has 2 aromatic rings. The Morgan fingerprint density at radius 3 is 2.69 bits per heavy atom. The molecule has 0 fully saturated rings. The second-order valence-electron chi connectivity index (χ2n) is 8.79. The zero-order valence-corrected chi connectivity index (χ0v) is 21.0. The van der Waals surface area contributed by atoms with Crippen LogP contribution in [0.1, 0.15) is 55.0 Å². The molecule has 5 rings (SSSR count). The van der Waals surface area contributed by atoms with E-state index >= 15 is 0 Å². The second kappa shape index (κ2) is 12.2. The van der Waals surface area contributed by atoms with E-state index < -0.39 is 5.97 Å². The van der Waals surface area contributed by atoms with Crippen molar-refractivity contribution in [2.75, 3.05) is 13.7 Å². The van der Waals surface area contributed by atoms with Gasteiger partial charge < -0.3 is 19.7 Å². The Labute approximate surface area is 207 Å². The number of aromatic hydroxyl groups is 1. The number of phenolic OH excluding ortho intramolecular Hbond substituents is 1. The first-order valence-corrected chi connectivity index (χ1v) is 12.1. The number of pyridine rings is 1. The van der Waals surface area contributed by atoms with Crippen LogP contribution in [0.15, 0.2) is 54.1 Å². The van der Waals surface area contributed by atoms with Crippen LogP contribution < -0.4 is 9.47 Å². The summed E-state index contributed by atoms with van der Waals surface area (Å²) in [7, 11) is 1.67. The molecule has 0 spiro atoms. The van der Waals surface area contributed by atoms with E-state index in [4.69, 9.17) is 19.7 Å². The lowest BCUT2D eigenvalue weighted by atomic mass is 9.84. The number of rotatable bonds is 3. The van der Waals surface area contributed by atoms with Gasteiger partial charge in [-0.1, -0.05) is 37.3 Å². The summed E-state index contributed by atoms with van der Waals surface area (Å²) in [4.78, 5) is 13.9. The number of benzene rings is 1. The van der Waals surface area contributed by atoms with Gasteiger partial charge in [-0.15, -0.1) is 0 Å². The van der Waals surface area contributed by atoms with Crippen LogP contribution in [0, 0.1) is 19.8 Å². The molecule has 1 unspecified atom stereocenters. The number of phenols is 1. The number of carbonyl (C=O) groups is 1. The van der Waals surface area contributed by atoms with Crippen molar-refractivity contribution in [3.8, 4) is 17.4 Å². The highest BCUT2D eigenvalue weighted by molar-refractivity contribution is 5.83. The van der Waals surface area contributed by atoms with Crippen molar-refractivity contribution in [3.63, 3.8) is 0 Å². The fraction of sp³-hybridized carbons (Fsp3) is 0.379. The highest BCUT2D eigenvalue weighted by Crippen LogP contribution is 2.38. The van der Waals surface area contributed by atoms with Crippen molar-refractivity contribution in [2.45, 2.75) is 52.9 Å². The summed E-state index contributed by atoms with van der Waals surface area (Å²) in [5.74, 6) is 1.67. The molecular formula is C29H35NO5. The molecule has 1 aromatic carbocycles. The van der Waals surface area contributed by atoms with Crippen LogP contribution >= 0.6 is 0 Å². The van der Waals surface area contributed by atoms with Crippen LogP contribution in [0.4, 0.5) is 0 Å². The maximum absolute atomic E-state index is 9.37. The molecule has 1 aliphatic heterocycles. The fourth-order valence-electron chi connectivity index (χ4n) is 4.44. The summed E-state index contributed by atoms with van der Waals surface area (Å²) in [5.41, 5.74) is 7.56. The van der Waals surface area contributed by atoms with Crippen LogP contribution in [0.5, 0.6) is 17.4 Å². The zero-order valence-electron chi connectivity index (χ0n) is 21.0. The number of nitrogens with zero attached hydrogens (tertiary/aromatic N) is 1. The van der Waals surface area contributed by atoms with Crippen molar-refractivity contribution < 1.29 is 24.5 Å². The van der Waals surface area contributed by atoms with Gasteiger partial charge in [-0.3, -0.25) is 4.79 Å². The van der Waals surface area contributed by atoms with Crippen LogP contribution in [0.25, 0.3) is 5.57 Å². The predicted molar refractivity (Wildman–Crippen MR) is 138 cm³/mol. The topological polar surface area (TPSA) is 88.9 Å². The molecule has 2 aliphatic carbocycles. The molecule has 0 saturated heterocycles. The first-order valence-electron chi connectivity index (χ1n) is 12.1. The Balaban J connectivity index is 0.000000189. The number of carboxylic acids is 1. The van der Waals surface area contributed by atoms with E-state index in [1.54, 1.807) is 26.2 Å². The molecule has 6 nitrogen and oxygen atoms in total. The van der Waals surface area contributed by atoms with Crippen LogP contribution in [-0.4, -0.2) is 34.9 Å². The molecular weight excluding hydrogens is 442 g/mol. The highest BCUT2D eigenvalue weighted by atomic mass is 16.5. The van der Waals surface area contributed by atoms with Gasteiger partial charge >= 0.3 is 5.97 Å². The van der Waals surface area contributed by atoms with Gasteiger partial charge in [0, 0.05) is 36.2 Å². The number of hydrogen-bond acceptors (Lipinski definition) is 5. The van der Waals surface area contributed by atoms with E-state index in [0.717, 1.165) is 24.5 Å². The number of fused-ring (bicyclic) bond motifs is 2. The van der Waals surface area contributed by atoms with Crippen molar-refractivity contribution in [3.05, 3.63) is 76.5 Å². The Kier molecular flexibility index (Phi) is 9.12. The SMILES string of the molecule is CCC(=O)O.COc1cc(C)c(C2=CC=CC3C=C2CCC3)c(C)n1.Oc1ccc2c(c1)OCC2. The van der Waals surface area contributed by atoms with Gasteiger partial charge in [0.2, 0.25) is 5.88 Å². The molecule has 3 aliphatic rings. The number of carboxylic acid groups (broad SMARTS) is 1. The third-order valence-electron chi connectivity index (χ3n) is 6.20. The van der Waals surface area contributed by atoms with Crippen molar-refractivity contribution in [1.29, 1.82) is 0 Å². The number of aryl methyl sites for hydroxylation is 2. The van der Waals surface area contributed by atoms with E-state index in [-0.39, 0.29) is 12.2 Å². The Morgan fingerprint density at radius 2 is 2.00 bits per heavy atom. The van der Waals surface area contributed by atoms with Gasteiger partial charge in [0.25, 0.3) is 0 Å². The maximum atomic E-state index is 9.37. The van der Waals surface area contributed by atoms with Crippen LogP contribution in [0.2, 0.25) is 0 Å². The van der Waals surface area contributed by atoms with Crippen molar-refractivity contribution in [2.24, 2.45) is 5.92 Å². The lowest BCUT2D eigenvalue weighted by Crippen LogP contribution is -2.05. The van der Waals surface area contributed by atoms with Gasteiger partial charge in [-0.25, -0.2) is 4.98 Å². The largest absolute Gasteiger partial charge is 0.508 e. The number of allylic oxidation sites excluding steroid dienone is 6. The predicted octanol–water partition coefficient (Wildman–Crippen LogP) is 6.19. The summed E-state index contributed by atoms with van der Waals surface area (Å²) >= 11 is 0. The summed E-state index contributed by atoms with van der Waals surface area (Å²) in [6.07, 6.45) is 14.1. The van der Waals surface area contributed by atoms with Crippen molar-refractivity contribution in [1.82, 2.24) is 4.98 Å². The van der Waals surface area contributed by atoms with E-state index in [1.807, 2.05) is 12.1 Å². The molecule has 2 heterocycles. The monoisotopic (exact) mass is 477 g/mol. The highest BCUT2D eigenvalue weighted by Gasteiger charge is 2.20. The molecule has 6 heteroatoms. The minimum atomic E-state index is -0.745. The number of ether oxygens (including phenoxy) is 2. The Hall–Kier alpha value is -3.54. The molecule has 35 heavy (non-hydrogen) atoms. The van der Waals surface area contributed by atoms with Gasteiger partial charge in [0.1, 0.15) is 11.5 Å². The maximum Gasteiger partial charge on any atom is 0.303 e. The zero-order chi connectivity index (χ0) is 25.4. The second-order valence-corrected chi connectivity index (χ2v) is 8.79. The van der Waals surface area contributed by atoms with E-state index in [1.165, 1.54) is 47.1 Å². The molecule has 0 amide bonds. The van der Waals surface area contributed by atoms with Crippen molar-refractivity contribution >= 4 is 11.5 Å². The van der Waals surface area contributed by atoms with Crippen LogP contribution in [-0.2, 0) is 11.2 Å². The third kappa shape index (κ3) is 6.98. The number of hydrogen-bond donors (Lipinski definition) is 2. The number of methoxy groups -OCH3 is 1. The summed E-state index contributed by atoms with van der Waals surface area (Å²) in [6, 6.07) is 7.27. The van der Waals surface area contributed by atoms with Gasteiger partial charge in [-0.05, 0) is 67.4 Å². The molecule has 2 N–H and O–H groups in total. The lowest BCUT2D eigenvalue weighted by molar-refractivity contribution is -0.136. The first-order chi connectivity index (χ1) is 16.8. The quantitative estimate of drug-likeness (QED) is 0.548. The normalized spacial score (nSPS) is 17.2.